The van der Waals surface area contributed by atoms with Gasteiger partial charge in [-0.25, -0.2) is 4.79 Å². The van der Waals surface area contributed by atoms with Crippen molar-refractivity contribution in [1.29, 1.82) is 0 Å². The summed E-state index contributed by atoms with van der Waals surface area (Å²) in [5.74, 6) is -0.876. The van der Waals surface area contributed by atoms with Gasteiger partial charge in [-0.05, 0) is 18.7 Å². The second kappa shape index (κ2) is 6.52. The number of methoxy groups -OCH3 is 1. The third-order valence-corrected chi connectivity index (χ3v) is 3.26. The molecule has 100 valence electrons. The van der Waals surface area contributed by atoms with Crippen LogP contribution in [0, 0.1) is 0 Å². The molecule has 0 fully saturated rings. The molecule has 0 aliphatic carbocycles. The van der Waals surface area contributed by atoms with E-state index in [0.717, 1.165) is 5.56 Å². The van der Waals surface area contributed by atoms with Crippen molar-refractivity contribution in [2.24, 2.45) is 0 Å². The van der Waals surface area contributed by atoms with Crippen LogP contribution in [0.1, 0.15) is 19.4 Å². The van der Waals surface area contributed by atoms with Gasteiger partial charge in [-0.2, -0.15) is 0 Å². The summed E-state index contributed by atoms with van der Waals surface area (Å²) < 4.78 is 5.19. The smallest absolute Gasteiger partial charge is 0.331 e. The Morgan fingerprint density at radius 1 is 1.28 bits per heavy atom. The highest BCUT2D eigenvalue weighted by molar-refractivity contribution is 5.81. The van der Waals surface area contributed by atoms with E-state index in [1.165, 1.54) is 7.11 Å². The van der Waals surface area contributed by atoms with Gasteiger partial charge in [0.2, 0.25) is 0 Å². The van der Waals surface area contributed by atoms with Crippen molar-refractivity contribution in [1.82, 2.24) is 4.90 Å². The summed E-state index contributed by atoms with van der Waals surface area (Å²) in [5.41, 5.74) is -0.359. The van der Waals surface area contributed by atoms with E-state index in [4.69, 9.17) is 4.74 Å². The van der Waals surface area contributed by atoms with Gasteiger partial charge in [-0.1, -0.05) is 44.2 Å². The summed E-state index contributed by atoms with van der Waals surface area (Å²) >= 11 is 0. The van der Waals surface area contributed by atoms with Gasteiger partial charge in [0.15, 0.2) is 5.54 Å². The Labute approximate surface area is 108 Å². The summed E-state index contributed by atoms with van der Waals surface area (Å²) in [5, 5.41) is 9.72. The van der Waals surface area contributed by atoms with Gasteiger partial charge >= 0.3 is 5.97 Å². The highest BCUT2D eigenvalue weighted by Crippen LogP contribution is 2.29. The lowest BCUT2D eigenvalue weighted by atomic mass is 9.88. The summed E-state index contributed by atoms with van der Waals surface area (Å²) in [6.07, 6.45) is 0. The number of carbonyl (C=O) groups is 1. The molecule has 0 heterocycles. The Balaban J connectivity index is 3.34. The number of ether oxygens (including phenoxy) is 1. The first-order valence-corrected chi connectivity index (χ1v) is 6.16. The molecule has 4 heteroatoms. The topological polar surface area (TPSA) is 49.8 Å². The zero-order valence-electron chi connectivity index (χ0n) is 11.2. The molecule has 1 N–H and O–H groups in total. The molecule has 0 aliphatic rings. The zero-order valence-corrected chi connectivity index (χ0v) is 11.2. The van der Waals surface area contributed by atoms with Crippen molar-refractivity contribution in [3.8, 4) is 0 Å². The highest BCUT2D eigenvalue weighted by atomic mass is 16.5. The number of carboxylic acid groups (broad SMARTS) is 1. The average molecular weight is 251 g/mol. The molecule has 0 radical (unpaired) electrons. The first-order valence-electron chi connectivity index (χ1n) is 6.16. The van der Waals surface area contributed by atoms with Crippen LogP contribution in [0.4, 0.5) is 0 Å². The maximum Gasteiger partial charge on any atom is 0.331 e. The SMILES string of the molecule is CCN(CC)C(COC)(C(=O)O)c1ccccc1. The fourth-order valence-corrected chi connectivity index (χ4v) is 2.36. The molecule has 1 rings (SSSR count). The minimum Gasteiger partial charge on any atom is -0.480 e. The van der Waals surface area contributed by atoms with Crippen molar-refractivity contribution < 1.29 is 14.6 Å². The fourth-order valence-electron chi connectivity index (χ4n) is 2.36. The van der Waals surface area contributed by atoms with E-state index >= 15 is 0 Å². The summed E-state index contributed by atoms with van der Waals surface area (Å²) in [4.78, 5) is 13.8. The van der Waals surface area contributed by atoms with Crippen LogP contribution in [-0.2, 0) is 15.1 Å². The summed E-state index contributed by atoms with van der Waals surface area (Å²) in [6, 6.07) is 9.26. The Morgan fingerprint density at radius 3 is 2.22 bits per heavy atom. The van der Waals surface area contributed by atoms with Crippen LogP contribution in [-0.4, -0.2) is 42.8 Å². The number of hydrogen-bond acceptors (Lipinski definition) is 3. The number of hydrogen-bond donors (Lipinski definition) is 1. The van der Waals surface area contributed by atoms with E-state index in [2.05, 4.69) is 0 Å². The first-order chi connectivity index (χ1) is 8.63. The molecule has 1 aromatic carbocycles. The first kappa shape index (κ1) is 14.7. The Hall–Kier alpha value is -1.39. The van der Waals surface area contributed by atoms with Gasteiger partial charge in [0.25, 0.3) is 0 Å². The lowest BCUT2D eigenvalue weighted by molar-refractivity contribution is -0.156. The van der Waals surface area contributed by atoms with Crippen LogP contribution < -0.4 is 0 Å². The van der Waals surface area contributed by atoms with Gasteiger partial charge in [-0.3, -0.25) is 4.90 Å². The van der Waals surface area contributed by atoms with Crippen LogP contribution in [0.2, 0.25) is 0 Å². The number of aliphatic carboxylic acids is 1. The molecule has 0 bridgehead atoms. The maximum absolute atomic E-state index is 11.8. The van der Waals surface area contributed by atoms with Crippen LogP contribution in [0.3, 0.4) is 0 Å². The van der Waals surface area contributed by atoms with E-state index in [-0.39, 0.29) is 6.61 Å². The van der Waals surface area contributed by atoms with Crippen LogP contribution in [0.5, 0.6) is 0 Å². The third-order valence-electron chi connectivity index (χ3n) is 3.26. The standard InChI is InChI=1S/C14H21NO3/c1-4-15(5-2)14(11-18-3,13(16)17)12-9-7-6-8-10-12/h6-10H,4-5,11H2,1-3H3,(H,16,17). The van der Waals surface area contributed by atoms with Gasteiger partial charge in [0, 0.05) is 7.11 Å². The molecule has 1 aromatic rings. The molecular weight excluding hydrogens is 230 g/mol. The lowest BCUT2D eigenvalue weighted by Gasteiger charge is -2.39. The van der Waals surface area contributed by atoms with Gasteiger partial charge in [0.1, 0.15) is 0 Å². The Kier molecular flexibility index (Phi) is 5.31. The van der Waals surface area contributed by atoms with E-state index in [0.29, 0.717) is 13.1 Å². The molecule has 0 spiro atoms. The fraction of sp³-hybridized carbons (Fsp3) is 0.500. The van der Waals surface area contributed by atoms with Gasteiger partial charge in [-0.15, -0.1) is 0 Å². The second-order valence-corrected chi connectivity index (χ2v) is 4.14. The number of benzene rings is 1. The van der Waals surface area contributed by atoms with Crippen molar-refractivity contribution in [2.45, 2.75) is 19.4 Å². The third kappa shape index (κ3) is 2.54. The maximum atomic E-state index is 11.8. The summed E-state index contributed by atoms with van der Waals surface area (Å²) in [7, 11) is 1.53. The quantitative estimate of drug-likeness (QED) is 0.804. The minimum atomic E-state index is -1.11. The van der Waals surface area contributed by atoms with Gasteiger partial charge in [0.05, 0.1) is 6.61 Å². The molecule has 0 aromatic heterocycles. The van der Waals surface area contributed by atoms with E-state index < -0.39 is 11.5 Å². The van der Waals surface area contributed by atoms with Crippen molar-refractivity contribution >= 4 is 5.97 Å². The van der Waals surface area contributed by atoms with Gasteiger partial charge < -0.3 is 9.84 Å². The predicted molar refractivity (Wildman–Crippen MR) is 70.6 cm³/mol. The average Bonchev–Trinajstić information content (AvgIpc) is 2.39. The minimum absolute atomic E-state index is 0.133. The molecule has 18 heavy (non-hydrogen) atoms. The van der Waals surface area contributed by atoms with E-state index in [9.17, 15) is 9.90 Å². The van der Waals surface area contributed by atoms with Crippen LogP contribution in [0.15, 0.2) is 30.3 Å². The molecule has 0 saturated heterocycles. The van der Waals surface area contributed by atoms with Crippen molar-refractivity contribution in [3.63, 3.8) is 0 Å². The van der Waals surface area contributed by atoms with Crippen LogP contribution >= 0.6 is 0 Å². The van der Waals surface area contributed by atoms with Crippen molar-refractivity contribution in [3.05, 3.63) is 35.9 Å². The molecule has 0 saturated carbocycles. The molecule has 0 amide bonds. The molecule has 4 nitrogen and oxygen atoms in total. The number of likely N-dealkylation sites (N-methyl/N-ethyl adjacent to an activating group) is 1. The normalized spacial score (nSPS) is 14.4. The number of nitrogens with zero attached hydrogens (tertiary/aromatic N) is 1. The molecule has 1 unspecified atom stereocenters. The largest absolute Gasteiger partial charge is 0.480 e. The molecular formula is C14H21NO3. The van der Waals surface area contributed by atoms with Crippen molar-refractivity contribution in [2.75, 3.05) is 26.8 Å². The Morgan fingerprint density at radius 2 is 1.83 bits per heavy atom. The molecule has 1 atom stereocenters. The van der Waals surface area contributed by atoms with E-state index in [1.807, 2.05) is 49.1 Å². The lowest BCUT2D eigenvalue weighted by Crippen LogP contribution is -2.55. The Bertz CT molecular complexity index is 376. The summed E-state index contributed by atoms with van der Waals surface area (Å²) in [6.45, 7) is 5.36. The monoisotopic (exact) mass is 251 g/mol. The van der Waals surface area contributed by atoms with Crippen LogP contribution in [0.25, 0.3) is 0 Å². The highest BCUT2D eigenvalue weighted by Gasteiger charge is 2.44. The van der Waals surface area contributed by atoms with E-state index in [1.54, 1.807) is 0 Å². The molecule has 0 aliphatic heterocycles. The number of carboxylic acids is 1. The second-order valence-electron chi connectivity index (χ2n) is 4.14. The zero-order chi connectivity index (χ0) is 13.6. The predicted octanol–water partition coefficient (Wildman–Crippen LogP) is 1.95. The number of rotatable bonds is 7.